The normalized spacial score (nSPS) is 20.5. The van der Waals surface area contributed by atoms with Crippen molar-refractivity contribution in [3.05, 3.63) is 35.9 Å². The first-order valence-electron chi connectivity index (χ1n) is 6.42. The minimum Gasteiger partial charge on any atom is -0.388 e. The van der Waals surface area contributed by atoms with Crippen LogP contribution in [0.15, 0.2) is 30.3 Å². The van der Waals surface area contributed by atoms with Gasteiger partial charge in [0.05, 0.1) is 0 Å². The Morgan fingerprint density at radius 2 is 1.88 bits per heavy atom. The maximum Gasteiger partial charge on any atom is 0.0351 e. The van der Waals surface area contributed by atoms with Crippen LogP contribution in [0.3, 0.4) is 0 Å². The van der Waals surface area contributed by atoms with Crippen molar-refractivity contribution in [2.75, 3.05) is 27.3 Å². The molecule has 0 aromatic heterocycles. The maximum absolute atomic E-state index is 4.25. The molecule has 1 aromatic rings. The van der Waals surface area contributed by atoms with E-state index >= 15 is 0 Å². The molecule has 96 valence electrons. The van der Waals surface area contributed by atoms with Gasteiger partial charge in [0.2, 0.25) is 0 Å². The van der Waals surface area contributed by atoms with Gasteiger partial charge >= 0.3 is 0 Å². The van der Waals surface area contributed by atoms with Gasteiger partial charge in [0, 0.05) is 27.3 Å². The number of rotatable bonds is 2. The van der Waals surface area contributed by atoms with Crippen molar-refractivity contribution in [3.63, 3.8) is 0 Å². The minimum atomic E-state index is 0.882. The number of piperidine rings is 1. The van der Waals surface area contributed by atoms with Gasteiger partial charge in [0.15, 0.2) is 0 Å². The first-order valence-corrected chi connectivity index (χ1v) is 6.42. The molecule has 0 amide bonds. The van der Waals surface area contributed by atoms with Crippen LogP contribution in [0.2, 0.25) is 0 Å². The van der Waals surface area contributed by atoms with Crippen molar-refractivity contribution in [3.8, 4) is 0 Å². The Morgan fingerprint density at radius 1 is 1.24 bits per heavy atom. The second-order valence-corrected chi connectivity index (χ2v) is 4.88. The van der Waals surface area contributed by atoms with E-state index in [-0.39, 0.29) is 0 Å². The van der Waals surface area contributed by atoms with Gasteiger partial charge in [0.25, 0.3) is 0 Å². The molecule has 17 heavy (non-hydrogen) atoms. The number of hydrogen-bond acceptors (Lipinski definition) is 2. The quantitative estimate of drug-likeness (QED) is 0.780. The Bertz CT molecular complexity index is 286. The van der Waals surface area contributed by atoms with E-state index in [0.717, 1.165) is 12.5 Å². The molecule has 0 saturated carbocycles. The van der Waals surface area contributed by atoms with Gasteiger partial charge in [-0.05, 0) is 30.9 Å². The third-order valence-electron chi connectivity index (χ3n) is 2.99. The molecule has 0 radical (unpaired) electrons. The standard InChI is InChI=1S/C13H19N.C2H6O/c1-12-6-5-9-14(10-12)11-13-7-3-2-4-8-13;1-3-2/h2-4,7-8,12H,5-6,9-11H2,1H3;1-2H3. The minimum absolute atomic E-state index is 0.882. The van der Waals surface area contributed by atoms with Crippen LogP contribution in [0.5, 0.6) is 0 Å². The fourth-order valence-corrected chi connectivity index (χ4v) is 2.27. The third-order valence-corrected chi connectivity index (χ3v) is 2.99. The first-order chi connectivity index (χ1) is 8.26. The summed E-state index contributed by atoms with van der Waals surface area (Å²) in [5, 5.41) is 0. The highest BCUT2D eigenvalue weighted by molar-refractivity contribution is 5.14. The van der Waals surface area contributed by atoms with E-state index in [1.807, 2.05) is 0 Å². The van der Waals surface area contributed by atoms with E-state index in [0.29, 0.717) is 0 Å². The Hall–Kier alpha value is -0.860. The lowest BCUT2D eigenvalue weighted by Gasteiger charge is -2.30. The summed E-state index contributed by atoms with van der Waals surface area (Å²) in [5.74, 6) is 0.882. The summed E-state index contributed by atoms with van der Waals surface area (Å²) < 4.78 is 4.25. The molecule has 1 fully saturated rings. The molecule has 1 aromatic carbocycles. The number of ether oxygens (including phenoxy) is 1. The highest BCUT2D eigenvalue weighted by Crippen LogP contribution is 2.17. The molecule has 2 rings (SSSR count). The Kier molecular flexibility index (Phi) is 6.90. The molecule has 2 nitrogen and oxygen atoms in total. The van der Waals surface area contributed by atoms with Crippen molar-refractivity contribution in [1.82, 2.24) is 4.90 Å². The first kappa shape index (κ1) is 14.2. The van der Waals surface area contributed by atoms with Crippen molar-refractivity contribution >= 4 is 0 Å². The monoisotopic (exact) mass is 235 g/mol. The van der Waals surface area contributed by atoms with Gasteiger partial charge in [-0.25, -0.2) is 0 Å². The van der Waals surface area contributed by atoms with Gasteiger partial charge in [0.1, 0.15) is 0 Å². The van der Waals surface area contributed by atoms with Crippen LogP contribution in [0.25, 0.3) is 0 Å². The van der Waals surface area contributed by atoms with Crippen molar-refractivity contribution < 1.29 is 4.74 Å². The molecular weight excluding hydrogens is 210 g/mol. The highest BCUT2D eigenvalue weighted by Gasteiger charge is 2.15. The lowest BCUT2D eigenvalue weighted by Crippen LogP contribution is -2.33. The number of likely N-dealkylation sites (tertiary alicyclic amines) is 1. The fraction of sp³-hybridized carbons (Fsp3) is 0.600. The molecule has 1 aliphatic rings. The second-order valence-electron chi connectivity index (χ2n) is 4.88. The van der Waals surface area contributed by atoms with Crippen LogP contribution >= 0.6 is 0 Å². The predicted octanol–water partition coefficient (Wildman–Crippen LogP) is 3.18. The Labute approximate surface area is 106 Å². The van der Waals surface area contributed by atoms with Crippen LogP contribution in [0, 0.1) is 5.92 Å². The molecule has 0 aliphatic carbocycles. The molecule has 0 N–H and O–H groups in total. The van der Waals surface area contributed by atoms with Gasteiger partial charge in [-0.15, -0.1) is 0 Å². The average molecular weight is 235 g/mol. The molecule has 0 bridgehead atoms. The summed E-state index contributed by atoms with van der Waals surface area (Å²) in [5.41, 5.74) is 1.45. The van der Waals surface area contributed by atoms with E-state index in [4.69, 9.17) is 0 Å². The summed E-state index contributed by atoms with van der Waals surface area (Å²) in [6.45, 7) is 6.04. The van der Waals surface area contributed by atoms with Crippen LogP contribution < -0.4 is 0 Å². The topological polar surface area (TPSA) is 12.5 Å². The van der Waals surface area contributed by atoms with Gasteiger partial charge in [-0.2, -0.15) is 0 Å². The highest BCUT2D eigenvalue weighted by atomic mass is 16.4. The SMILES string of the molecule is CC1CCCN(Cc2ccccc2)C1.COC. The number of nitrogens with zero attached hydrogens (tertiary/aromatic N) is 1. The molecule has 1 atom stereocenters. The Morgan fingerprint density at radius 3 is 2.47 bits per heavy atom. The number of methoxy groups -OCH3 is 1. The van der Waals surface area contributed by atoms with Crippen LogP contribution in [0.1, 0.15) is 25.3 Å². The van der Waals surface area contributed by atoms with Crippen LogP contribution in [0.4, 0.5) is 0 Å². The lowest BCUT2D eigenvalue weighted by molar-refractivity contribution is 0.176. The number of benzene rings is 1. The predicted molar refractivity (Wildman–Crippen MR) is 73.1 cm³/mol. The number of hydrogen-bond donors (Lipinski definition) is 0. The molecule has 2 heteroatoms. The summed E-state index contributed by atoms with van der Waals surface area (Å²) in [6.07, 6.45) is 2.78. The van der Waals surface area contributed by atoms with Gasteiger partial charge < -0.3 is 4.74 Å². The Balaban J connectivity index is 0.000000437. The summed E-state index contributed by atoms with van der Waals surface area (Å²) in [4.78, 5) is 2.57. The second kappa shape index (κ2) is 8.26. The molecule has 1 unspecified atom stereocenters. The smallest absolute Gasteiger partial charge is 0.0351 e. The van der Waals surface area contributed by atoms with E-state index in [1.165, 1.54) is 31.5 Å². The fourth-order valence-electron chi connectivity index (χ4n) is 2.27. The molecule has 1 saturated heterocycles. The largest absolute Gasteiger partial charge is 0.388 e. The van der Waals surface area contributed by atoms with Crippen LogP contribution in [-0.2, 0) is 11.3 Å². The van der Waals surface area contributed by atoms with Crippen molar-refractivity contribution in [2.45, 2.75) is 26.3 Å². The zero-order valence-corrected chi connectivity index (χ0v) is 11.4. The zero-order valence-electron chi connectivity index (χ0n) is 11.4. The maximum atomic E-state index is 4.25. The van der Waals surface area contributed by atoms with E-state index in [1.54, 1.807) is 14.2 Å². The van der Waals surface area contributed by atoms with E-state index in [9.17, 15) is 0 Å². The van der Waals surface area contributed by atoms with Crippen molar-refractivity contribution in [1.29, 1.82) is 0 Å². The van der Waals surface area contributed by atoms with Gasteiger partial charge in [-0.3, -0.25) is 4.90 Å². The summed E-state index contributed by atoms with van der Waals surface area (Å²) in [6, 6.07) is 10.8. The zero-order chi connectivity index (χ0) is 12.5. The third kappa shape index (κ3) is 5.85. The van der Waals surface area contributed by atoms with Gasteiger partial charge in [-0.1, -0.05) is 37.3 Å². The van der Waals surface area contributed by atoms with Crippen LogP contribution in [-0.4, -0.2) is 32.2 Å². The summed E-state index contributed by atoms with van der Waals surface area (Å²) in [7, 11) is 3.25. The van der Waals surface area contributed by atoms with Crippen molar-refractivity contribution in [2.24, 2.45) is 5.92 Å². The molecule has 1 heterocycles. The molecule has 1 aliphatic heterocycles. The van der Waals surface area contributed by atoms with E-state index < -0.39 is 0 Å². The summed E-state index contributed by atoms with van der Waals surface area (Å²) >= 11 is 0. The average Bonchev–Trinajstić information content (AvgIpc) is 2.31. The molecular formula is C15H25NO. The molecule has 0 spiro atoms. The lowest BCUT2D eigenvalue weighted by atomic mass is 10.00. The van der Waals surface area contributed by atoms with E-state index in [2.05, 4.69) is 46.9 Å².